The van der Waals surface area contributed by atoms with Gasteiger partial charge in [-0.2, -0.15) is 11.8 Å². The molecule has 3 aromatic rings. The molecule has 0 fully saturated rings. The van der Waals surface area contributed by atoms with E-state index in [1.807, 2.05) is 29.4 Å². The van der Waals surface area contributed by atoms with Crippen LogP contribution < -0.4 is 10.6 Å². The zero-order valence-electron chi connectivity index (χ0n) is 26.9. The molecule has 3 atom stereocenters. The van der Waals surface area contributed by atoms with E-state index in [1.54, 1.807) is 23.9 Å². The van der Waals surface area contributed by atoms with Crippen LogP contribution in [0, 0.1) is 16.0 Å². The van der Waals surface area contributed by atoms with E-state index in [2.05, 4.69) is 48.7 Å². The first-order valence-electron chi connectivity index (χ1n) is 15.3. The van der Waals surface area contributed by atoms with Gasteiger partial charge in [0.25, 0.3) is 5.69 Å². The first-order valence-corrected chi connectivity index (χ1v) is 17.9. The molecule has 46 heavy (non-hydrogen) atoms. The Morgan fingerprint density at radius 2 is 1.72 bits per heavy atom. The summed E-state index contributed by atoms with van der Waals surface area (Å²) in [7, 11) is 1.32. The number of benzene rings is 3. The fourth-order valence-electron chi connectivity index (χ4n) is 5.08. The lowest BCUT2D eigenvalue weighted by Crippen LogP contribution is -2.51. The van der Waals surface area contributed by atoms with Crippen molar-refractivity contribution in [2.45, 2.75) is 51.1 Å². The summed E-state index contributed by atoms with van der Waals surface area (Å²) in [6, 6.07) is 19.6. The van der Waals surface area contributed by atoms with Crippen LogP contribution in [-0.4, -0.2) is 77.7 Å². The fraction of sp³-hybridized carbons (Fsp3) is 0.441. The summed E-state index contributed by atoms with van der Waals surface area (Å²) in [6.07, 6.45) is 3.24. The van der Waals surface area contributed by atoms with Crippen molar-refractivity contribution in [2.75, 3.05) is 38.0 Å². The lowest BCUT2D eigenvalue weighted by molar-refractivity contribution is -0.384. The Morgan fingerprint density at radius 3 is 2.39 bits per heavy atom. The smallest absolute Gasteiger partial charge is 0.328 e. The number of ether oxygens (including phenoxy) is 1. The Morgan fingerprint density at radius 1 is 1.00 bits per heavy atom. The number of hydrogen-bond acceptors (Lipinski definition) is 9. The Hall–Kier alpha value is -3.61. The second-order valence-corrected chi connectivity index (χ2v) is 13.2. The van der Waals surface area contributed by atoms with E-state index in [1.165, 1.54) is 31.0 Å². The molecule has 248 valence electrons. The molecule has 10 nitrogen and oxygen atoms in total. The zero-order chi connectivity index (χ0) is 33.5. The second kappa shape index (κ2) is 19.1. The van der Waals surface area contributed by atoms with Gasteiger partial charge in [0.15, 0.2) is 0 Å². The van der Waals surface area contributed by atoms with Crippen LogP contribution in [0.4, 0.5) is 5.69 Å². The van der Waals surface area contributed by atoms with Gasteiger partial charge in [-0.05, 0) is 46.2 Å². The Balaban J connectivity index is 1.74. The number of esters is 1. The van der Waals surface area contributed by atoms with Gasteiger partial charge in [0.05, 0.1) is 24.3 Å². The van der Waals surface area contributed by atoms with Crippen molar-refractivity contribution in [3.05, 3.63) is 88.0 Å². The van der Waals surface area contributed by atoms with Crippen molar-refractivity contribution in [3.63, 3.8) is 0 Å². The van der Waals surface area contributed by atoms with E-state index in [0.29, 0.717) is 31.0 Å². The molecule has 0 saturated heterocycles. The topological polar surface area (TPSA) is 131 Å². The van der Waals surface area contributed by atoms with Crippen LogP contribution in [0.1, 0.15) is 37.8 Å². The molecular weight excluding hydrogens is 625 g/mol. The number of carbonyl (C=O) groups excluding carboxylic acids is 3. The van der Waals surface area contributed by atoms with E-state index in [4.69, 9.17) is 4.74 Å². The number of carbonyl (C=O) groups is 3. The van der Waals surface area contributed by atoms with Crippen molar-refractivity contribution in [3.8, 4) is 0 Å². The molecule has 0 aromatic heterocycles. The van der Waals surface area contributed by atoms with Crippen LogP contribution in [0.25, 0.3) is 10.8 Å². The minimum absolute atomic E-state index is 0.0328. The molecular formula is C34H44N4O6S2. The summed E-state index contributed by atoms with van der Waals surface area (Å²) in [5, 5.41) is 19.2. The number of thioether (sulfide) groups is 2. The number of non-ortho nitro benzene ring substituents is 1. The van der Waals surface area contributed by atoms with Gasteiger partial charge in [0.2, 0.25) is 11.8 Å². The average molecular weight is 669 g/mol. The van der Waals surface area contributed by atoms with Gasteiger partial charge in [0.1, 0.15) is 6.04 Å². The van der Waals surface area contributed by atoms with Gasteiger partial charge in [0, 0.05) is 37.0 Å². The molecule has 0 aliphatic heterocycles. The monoisotopic (exact) mass is 668 g/mol. The van der Waals surface area contributed by atoms with Gasteiger partial charge in [-0.1, -0.05) is 74.9 Å². The molecule has 3 rings (SSSR count). The predicted molar refractivity (Wildman–Crippen MR) is 187 cm³/mol. The van der Waals surface area contributed by atoms with E-state index in [9.17, 15) is 24.5 Å². The van der Waals surface area contributed by atoms with Gasteiger partial charge >= 0.3 is 5.97 Å². The minimum Gasteiger partial charge on any atom is -0.467 e. The fourth-order valence-corrected chi connectivity index (χ4v) is 6.35. The highest BCUT2D eigenvalue weighted by molar-refractivity contribution is 7.99. The normalized spacial score (nSPS) is 13.2. The largest absolute Gasteiger partial charge is 0.467 e. The molecule has 0 bridgehead atoms. The number of fused-ring (bicyclic) bond motifs is 1. The highest BCUT2D eigenvalue weighted by Crippen LogP contribution is 2.22. The van der Waals surface area contributed by atoms with Crippen molar-refractivity contribution < 1.29 is 24.0 Å². The molecule has 0 heterocycles. The van der Waals surface area contributed by atoms with Crippen molar-refractivity contribution >= 4 is 57.8 Å². The Kier molecular flexibility index (Phi) is 15.3. The number of methoxy groups -OCH3 is 1. The van der Waals surface area contributed by atoms with Crippen LogP contribution >= 0.6 is 23.5 Å². The SMILES string of the molecule is CCC(C)C(CN(CC(=O)NC(CCSC)C(=O)OC)Cc1cccc2ccccc12)NC(=O)CSCc1ccc([N+](=O)[O-])cc1. The Labute approximate surface area is 279 Å². The van der Waals surface area contributed by atoms with Crippen LogP contribution in [0.5, 0.6) is 0 Å². The molecule has 0 aliphatic rings. The molecule has 12 heteroatoms. The van der Waals surface area contributed by atoms with E-state index in [0.717, 1.165) is 28.3 Å². The quantitative estimate of drug-likeness (QED) is 0.0976. The van der Waals surface area contributed by atoms with Crippen LogP contribution in [-0.2, 0) is 31.4 Å². The van der Waals surface area contributed by atoms with Crippen LogP contribution in [0.15, 0.2) is 66.7 Å². The molecule has 3 unspecified atom stereocenters. The summed E-state index contributed by atoms with van der Waals surface area (Å²) in [4.78, 5) is 51.4. The first-order chi connectivity index (χ1) is 22.1. The molecule has 0 aliphatic carbocycles. The molecule has 2 N–H and O–H groups in total. The summed E-state index contributed by atoms with van der Waals surface area (Å²) in [5.41, 5.74) is 1.99. The van der Waals surface area contributed by atoms with E-state index in [-0.39, 0.29) is 41.8 Å². The lowest BCUT2D eigenvalue weighted by atomic mass is 9.97. The number of hydrogen-bond donors (Lipinski definition) is 2. The number of rotatable bonds is 19. The van der Waals surface area contributed by atoms with E-state index >= 15 is 0 Å². The zero-order valence-corrected chi connectivity index (χ0v) is 28.5. The highest BCUT2D eigenvalue weighted by Gasteiger charge is 2.26. The standard InChI is InChI=1S/C34H44N4O6S2/c1-5-24(2)31(36-33(40)23-46-22-25-13-15-28(16-14-25)38(42)43)20-37(19-27-11-8-10-26-9-6-7-12-29(26)27)21-32(39)35-30(17-18-45-4)34(41)44-3/h6-16,24,30-31H,5,17-23H2,1-4H3,(H,35,39)(H,36,40). The maximum absolute atomic E-state index is 13.4. The number of nitro benzene ring substituents is 1. The molecule has 0 saturated carbocycles. The molecule has 2 amide bonds. The van der Waals surface area contributed by atoms with Gasteiger partial charge in [-0.25, -0.2) is 4.79 Å². The third-order valence-electron chi connectivity index (χ3n) is 7.85. The maximum atomic E-state index is 13.4. The summed E-state index contributed by atoms with van der Waals surface area (Å²) in [6.45, 7) is 5.09. The van der Waals surface area contributed by atoms with E-state index < -0.39 is 16.9 Å². The average Bonchev–Trinajstić information content (AvgIpc) is 3.05. The third kappa shape index (κ3) is 11.6. The molecule has 0 spiro atoms. The summed E-state index contributed by atoms with van der Waals surface area (Å²) >= 11 is 3.03. The van der Waals surface area contributed by atoms with Crippen molar-refractivity contribution in [1.82, 2.24) is 15.5 Å². The molecule has 3 aromatic carbocycles. The third-order valence-corrected chi connectivity index (χ3v) is 9.50. The highest BCUT2D eigenvalue weighted by atomic mass is 32.2. The van der Waals surface area contributed by atoms with Crippen LogP contribution in [0.3, 0.4) is 0 Å². The Bertz CT molecular complexity index is 1450. The molecule has 0 radical (unpaired) electrons. The van der Waals surface area contributed by atoms with Gasteiger partial charge < -0.3 is 15.4 Å². The summed E-state index contributed by atoms with van der Waals surface area (Å²) in [5.74, 6) is 0.725. The summed E-state index contributed by atoms with van der Waals surface area (Å²) < 4.78 is 4.94. The van der Waals surface area contributed by atoms with Gasteiger partial charge in [-0.15, -0.1) is 11.8 Å². The lowest BCUT2D eigenvalue weighted by Gasteiger charge is -2.31. The van der Waals surface area contributed by atoms with Crippen LogP contribution in [0.2, 0.25) is 0 Å². The first kappa shape index (κ1) is 36.9. The number of amides is 2. The predicted octanol–water partition coefficient (Wildman–Crippen LogP) is 5.43. The van der Waals surface area contributed by atoms with Crippen molar-refractivity contribution in [1.29, 1.82) is 0 Å². The minimum atomic E-state index is -0.734. The van der Waals surface area contributed by atoms with Gasteiger partial charge in [-0.3, -0.25) is 24.6 Å². The van der Waals surface area contributed by atoms with Crippen molar-refractivity contribution in [2.24, 2.45) is 5.92 Å². The number of nitro groups is 1. The number of nitrogens with zero attached hydrogens (tertiary/aromatic N) is 2. The second-order valence-electron chi connectivity index (χ2n) is 11.2. The number of nitrogens with one attached hydrogen (secondary N) is 2. The maximum Gasteiger partial charge on any atom is 0.328 e.